The van der Waals surface area contributed by atoms with Gasteiger partial charge in [-0.25, -0.2) is 4.89 Å². The monoisotopic (exact) mass is 447 g/mol. The Kier molecular flexibility index (Phi) is 26.3. The number of nitrogens with one attached hydrogen (secondary N) is 1. The smallest absolute Gasteiger partial charge is 1.00 e. The van der Waals surface area contributed by atoms with Crippen LogP contribution in [0.25, 0.3) is 0 Å². The van der Waals surface area contributed by atoms with Crippen LogP contribution in [0, 0.1) is 5.92 Å². The summed E-state index contributed by atoms with van der Waals surface area (Å²) in [6.45, 7) is 4.98. The van der Waals surface area contributed by atoms with Gasteiger partial charge in [0.05, 0.1) is 7.11 Å². The molecule has 28 heavy (non-hydrogen) atoms. The number of hydrogen-bond acceptors (Lipinski definition) is 7. The maximum Gasteiger partial charge on any atom is 1.00 e. The fraction of sp³-hybridized carbons (Fsp3) is 0.684. The van der Waals surface area contributed by atoms with Gasteiger partial charge in [0.15, 0.2) is 0 Å². The van der Waals surface area contributed by atoms with Gasteiger partial charge in [-0.1, -0.05) is 35.7 Å². The molecule has 2 rings (SSSR count). The van der Waals surface area contributed by atoms with Crippen molar-refractivity contribution in [3.63, 3.8) is 0 Å². The van der Waals surface area contributed by atoms with E-state index in [1.54, 1.807) is 0 Å². The molecule has 0 radical (unpaired) electrons. The quantitative estimate of drug-likeness (QED) is 0.171. The van der Waals surface area contributed by atoms with Crippen LogP contribution in [-0.4, -0.2) is 49.4 Å². The molecule has 6 nitrogen and oxygen atoms in total. The maximum atomic E-state index is 7.91. The van der Waals surface area contributed by atoms with Crippen molar-refractivity contribution in [2.75, 3.05) is 39.2 Å². The van der Waals surface area contributed by atoms with Crippen LogP contribution in [0.15, 0.2) is 24.3 Å². The normalized spacial score (nSPS) is 13.5. The third-order valence-corrected chi connectivity index (χ3v) is 4.55. The van der Waals surface area contributed by atoms with Crippen LogP contribution in [0.2, 0.25) is 5.02 Å². The average Bonchev–Trinajstić information content (AvgIpc) is 2.68. The van der Waals surface area contributed by atoms with E-state index in [4.69, 9.17) is 21.8 Å². The Labute approximate surface area is 202 Å². The van der Waals surface area contributed by atoms with E-state index in [1.165, 1.54) is 50.6 Å². The summed E-state index contributed by atoms with van der Waals surface area (Å²) in [6.07, 6.45) is 5.26. The third-order valence-electron chi connectivity index (χ3n) is 3.69. The molecule has 1 fully saturated rings. The zero-order valence-electron chi connectivity index (χ0n) is 18.4. The van der Waals surface area contributed by atoms with E-state index < -0.39 is 0 Å². The number of piperidine rings is 1. The molecule has 0 atom stereocenters. The van der Waals surface area contributed by atoms with Gasteiger partial charge >= 0.3 is 29.6 Å². The molecule has 1 saturated heterocycles. The van der Waals surface area contributed by atoms with Crippen molar-refractivity contribution in [3.05, 3.63) is 34.9 Å². The van der Waals surface area contributed by atoms with Gasteiger partial charge in [-0.2, -0.15) is 0 Å². The number of aryl methyl sites for hydroxylation is 1. The number of aliphatic hydroxyl groups is 2. The Balaban J connectivity index is -0.000000405. The zero-order chi connectivity index (χ0) is 20.2. The van der Waals surface area contributed by atoms with Crippen LogP contribution in [-0.2, 0) is 20.7 Å². The second kappa shape index (κ2) is 23.9. The van der Waals surface area contributed by atoms with E-state index >= 15 is 0 Å². The van der Waals surface area contributed by atoms with Crippen LogP contribution >= 0.6 is 23.6 Å². The first-order chi connectivity index (χ1) is 13.1. The molecule has 0 amide bonds. The topological polar surface area (TPSA) is 80.2 Å². The van der Waals surface area contributed by atoms with Crippen molar-refractivity contribution in [1.29, 1.82) is 0 Å². The largest absolute Gasteiger partial charge is 1.00 e. The minimum atomic E-state index is 0. The van der Waals surface area contributed by atoms with Crippen molar-refractivity contribution >= 4 is 23.6 Å². The van der Waals surface area contributed by atoms with E-state index in [0.29, 0.717) is 6.42 Å². The van der Waals surface area contributed by atoms with Crippen molar-refractivity contribution in [1.82, 2.24) is 5.32 Å². The summed E-state index contributed by atoms with van der Waals surface area (Å²) in [4.78, 5) is 4.26. The molecule has 1 aliphatic heterocycles. The Hall–Kier alpha value is 0.620. The Bertz CT molecular complexity index is 430. The zero-order valence-corrected chi connectivity index (χ0v) is 20.9. The molecule has 0 spiro atoms. The van der Waals surface area contributed by atoms with E-state index in [2.05, 4.69) is 26.5 Å². The summed E-state index contributed by atoms with van der Waals surface area (Å²) >= 11 is 7.00. The number of hydrogen-bond donors (Lipinski definition) is 3. The van der Waals surface area contributed by atoms with Crippen LogP contribution < -0.4 is 34.9 Å². The summed E-state index contributed by atoms with van der Waals surface area (Å²) < 4.78 is 4.61. The van der Waals surface area contributed by atoms with Crippen molar-refractivity contribution in [3.8, 4) is 0 Å². The van der Waals surface area contributed by atoms with E-state index in [9.17, 15) is 0 Å². The van der Waals surface area contributed by atoms with Gasteiger partial charge in [0.1, 0.15) is 0 Å². The van der Waals surface area contributed by atoms with Gasteiger partial charge < -0.3 is 17.0 Å². The van der Waals surface area contributed by atoms with Crippen molar-refractivity contribution in [2.45, 2.75) is 39.0 Å². The molecule has 160 valence electrons. The van der Waals surface area contributed by atoms with Gasteiger partial charge in [-0.15, -0.1) is 4.33 Å². The molecule has 1 aromatic carbocycles. The Morgan fingerprint density at radius 2 is 1.75 bits per heavy atom. The first kappa shape index (κ1) is 30.8. The van der Waals surface area contributed by atoms with Crippen molar-refractivity contribution < 1.29 is 55.5 Å². The number of halogens is 1. The summed E-state index contributed by atoms with van der Waals surface area (Å²) in [6, 6.07) is 7.85. The fourth-order valence-corrected chi connectivity index (χ4v) is 2.66. The minimum absolute atomic E-state index is 0. The molecule has 0 bridgehead atoms. The first-order valence-electron chi connectivity index (χ1n) is 9.29. The maximum absolute atomic E-state index is 7.91. The minimum Gasteiger partial charge on any atom is -1.00 e. The van der Waals surface area contributed by atoms with Crippen LogP contribution in [0.1, 0.15) is 39.6 Å². The van der Waals surface area contributed by atoms with Gasteiger partial charge in [-0.05, 0) is 68.8 Å². The molecule has 1 heterocycles. The Morgan fingerprint density at radius 1 is 1.14 bits per heavy atom. The molecule has 0 unspecified atom stereocenters. The van der Waals surface area contributed by atoms with Gasteiger partial charge in [-0.3, -0.25) is 0 Å². The molecular formula is C19H35ClNNaO5S. The molecule has 3 N–H and O–H groups in total. The average molecular weight is 448 g/mol. The molecule has 9 heteroatoms. The predicted molar refractivity (Wildman–Crippen MR) is 113 cm³/mol. The summed E-state index contributed by atoms with van der Waals surface area (Å²) in [7, 11) is 1.40. The van der Waals surface area contributed by atoms with Gasteiger partial charge in [0.2, 0.25) is 0 Å². The van der Waals surface area contributed by atoms with Crippen LogP contribution in [0.5, 0.6) is 0 Å². The number of rotatable bonds is 9. The standard InChI is InChI=1S/C10H13ClO3S.C6H13N.C3H8O2.Na.H/c1-12-13-14-15-8-2-3-9-4-6-10(11)7-5-9;1-6-2-4-7-5-3-6;4-2-1-3-5;;/h4-7H,2-3,8H2,1H3;6-7H,2-5H2,1H3;4-5H,1-3H2;;/q;;;+1;-1. The number of benzene rings is 1. The Morgan fingerprint density at radius 3 is 2.18 bits per heavy atom. The summed E-state index contributed by atoms with van der Waals surface area (Å²) in [5.74, 6) is 1.83. The SMILES string of the molecule is CC1CCNCC1.COOOSCCCc1ccc(Cl)cc1.OCCCO.[H-].[Na+]. The number of aliphatic hydroxyl groups excluding tert-OH is 2. The molecular weight excluding hydrogens is 413 g/mol. The predicted octanol–water partition coefficient (Wildman–Crippen LogP) is 0.914. The molecule has 0 aliphatic carbocycles. The van der Waals surface area contributed by atoms with E-state index in [-0.39, 0.29) is 44.2 Å². The molecule has 0 aromatic heterocycles. The van der Waals surface area contributed by atoms with Gasteiger partial charge in [0.25, 0.3) is 0 Å². The molecule has 0 saturated carbocycles. The summed E-state index contributed by atoms with van der Waals surface area (Å²) in [5, 5.41) is 24.1. The fourth-order valence-electron chi connectivity index (χ4n) is 2.10. The van der Waals surface area contributed by atoms with Gasteiger partial charge in [0, 0.05) is 36.0 Å². The summed E-state index contributed by atoms with van der Waals surface area (Å²) in [5.41, 5.74) is 1.27. The first-order valence-corrected chi connectivity index (χ1v) is 10.6. The second-order valence-electron chi connectivity index (χ2n) is 6.09. The molecule has 1 aliphatic rings. The molecule has 1 aromatic rings. The van der Waals surface area contributed by atoms with Crippen LogP contribution in [0.3, 0.4) is 0 Å². The van der Waals surface area contributed by atoms with E-state index in [0.717, 1.165) is 29.5 Å². The van der Waals surface area contributed by atoms with E-state index in [1.807, 2.05) is 24.3 Å². The second-order valence-corrected chi connectivity index (χ2v) is 7.30. The van der Waals surface area contributed by atoms with Crippen molar-refractivity contribution in [2.24, 2.45) is 5.92 Å². The third kappa shape index (κ3) is 21.3. The van der Waals surface area contributed by atoms with Crippen LogP contribution in [0.4, 0.5) is 0 Å².